The number of likely N-dealkylation sites (N-methyl/N-ethyl adjacent to an activating group) is 1. The second kappa shape index (κ2) is 10.0. The average molecular weight is 429 g/mol. The van der Waals surface area contributed by atoms with Crippen molar-refractivity contribution in [1.29, 1.82) is 0 Å². The summed E-state index contributed by atoms with van der Waals surface area (Å²) in [7, 11) is 2.09. The maximum absolute atomic E-state index is 11.8. The van der Waals surface area contributed by atoms with Crippen LogP contribution in [0.5, 0.6) is 0 Å². The molecule has 1 aromatic carbocycles. The summed E-state index contributed by atoms with van der Waals surface area (Å²) >= 11 is 5.92. The number of aliphatic imine (C=N–C) groups is 1. The minimum atomic E-state index is -0.643. The molecule has 1 saturated heterocycles. The molecule has 1 amide bonds. The molecule has 1 aromatic heterocycles. The van der Waals surface area contributed by atoms with Gasteiger partial charge in [-0.1, -0.05) is 11.6 Å². The molecule has 0 radical (unpaired) electrons. The van der Waals surface area contributed by atoms with E-state index < -0.39 is 5.91 Å². The number of halogens is 1. The Morgan fingerprint density at radius 2 is 2.13 bits per heavy atom. The number of nitrogens with two attached hydrogens (primary N) is 2. The van der Waals surface area contributed by atoms with Crippen LogP contribution in [0.25, 0.3) is 0 Å². The normalized spacial score (nSPS) is 17.8. The summed E-state index contributed by atoms with van der Waals surface area (Å²) < 4.78 is 0. The molecule has 2 aromatic rings. The number of piperidine rings is 1. The van der Waals surface area contributed by atoms with Gasteiger partial charge in [0.15, 0.2) is 0 Å². The van der Waals surface area contributed by atoms with Crippen LogP contribution in [0.15, 0.2) is 47.4 Å². The number of amides is 1. The first-order chi connectivity index (χ1) is 14.4. The highest BCUT2D eigenvalue weighted by Gasteiger charge is 2.16. The fraction of sp³-hybridized carbons (Fsp3) is 0.300. The van der Waals surface area contributed by atoms with Crippen molar-refractivity contribution in [2.45, 2.75) is 18.9 Å². The number of benzene rings is 1. The number of hydrogen-bond donors (Lipinski definition) is 4. The van der Waals surface area contributed by atoms with Crippen LogP contribution in [0.4, 0.5) is 17.5 Å². The third-order valence-electron chi connectivity index (χ3n) is 4.62. The number of carbonyl (C=O) groups is 1. The van der Waals surface area contributed by atoms with Crippen molar-refractivity contribution >= 4 is 41.2 Å². The Bertz CT molecular complexity index is 944. The van der Waals surface area contributed by atoms with E-state index in [-0.39, 0.29) is 23.4 Å². The molecule has 2 heterocycles. The first-order valence-electron chi connectivity index (χ1n) is 9.54. The quantitative estimate of drug-likeness (QED) is 0.497. The Kier molecular flexibility index (Phi) is 7.21. The Balaban J connectivity index is 1.76. The van der Waals surface area contributed by atoms with E-state index in [1.807, 2.05) is 0 Å². The van der Waals surface area contributed by atoms with Gasteiger partial charge in [-0.2, -0.15) is 4.98 Å². The molecule has 158 valence electrons. The molecular formula is C20H25ClN8O. The number of anilines is 3. The molecule has 3 rings (SSSR count). The molecular weight excluding hydrogens is 404 g/mol. The summed E-state index contributed by atoms with van der Waals surface area (Å²) in [5.41, 5.74) is 12.6. The molecule has 1 aliphatic rings. The number of carbonyl (C=O) groups excluding carboxylic acids is 1. The lowest BCUT2D eigenvalue weighted by Crippen LogP contribution is -2.34. The maximum atomic E-state index is 11.8. The number of likely N-dealkylation sites (tertiary alicyclic amines) is 1. The van der Waals surface area contributed by atoms with Gasteiger partial charge in [0.2, 0.25) is 5.95 Å². The summed E-state index contributed by atoms with van der Waals surface area (Å²) in [6.07, 6.45) is 6.59. The number of nitrogens with zero attached hydrogens (tertiary/aromatic N) is 4. The predicted octanol–water partition coefficient (Wildman–Crippen LogP) is 2.35. The van der Waals surface area contributed by atoms with E-state index in [0.717, 1.165) is 25.9 Å². The topological polar surface area (TPSA) is 135 Å². The van der Waals surface area contributed by atoms with E-state index >= 15 is 0 Å². The van der Waals surface area contributed by atoms with Crippen LogP contribution in [-0.2, 0) is 0 Å². The van der Waals surface area contributed by atoms with E-state index in [1.165, 1.54) is 12.4 Å². The smallest absolute Gasteiger partial charge is 0.254 e. The van der Waals surface area contributed by atoms with Gasteiger partial charge in [0, 0.05) is 35.9 Å². The number of hydrogen-bond acceptors (Lipinski definition) is 8. The largest absolute Gasteiger partial charge is 0.403 e. The first-order valence-corrected chi connectivity index (χ1v) is 9.92. The van der Waals surface area contributed by atoms with Gasteiger partial charge in [0.25, 0.3) is 5.91 Å². The van der Waals surface area contributed by atoms with Gasteiger partial charge in [-0.25, -0.2) is 4.98 Å². The van der Waals surface area contributed by atoms with Gasteiger partial charge in [-0.05, 0) is 50.7 Å². The van der Waals surface area contributed by atoms with E-state index in [0.29, 0.717) is 16.4 Å². The molecule has 1 atom stereocenters. The third-order valence-corrected chi connectivity index (χ3v) is 4.87. The van der Waals surface area contributed by atoms with Crippen molar-refractivity contribution in [3.63, 3.8) is 0 Å². The minimum Gasteiger partial charge on any atom is -0.403 e. The highest BCUT2D eigenvalue weighted by atomic mass is 35.5. The summed E-state index contributed by atoms with van der Waals surface area (Å²) in [5.74, 6) is -0.125. The van der Waals surface area contributed by atoms with Crippen LogP contribution < -0.4 is 22.1 Å². The lowest BCUT2D eigenvalue weighted by molar-refractivity contribution is 0.100. The van der Waals surface area contributed by atoms with E-state index in [9.17, 15) is 4.79 Å². The van der Waals surface area contributed by atoms with Crippen molar-refractivity contribution in [3.8, 4) is 0 Å². The van der Waals surface area contributed by atoms with Crippen LogP contribution in [0.2, 0.25) is 5.02 Å². The molecule has 9 nitrogen and oxygen atoms in total. The fourth-order valence-electron chi connectivity index (χ4n) is 3.08. The summed E-state index contributed by atoms with van der Waals surface area (Å²) in [4.78, 5) is 27.2. The van der Waals surface area contributed by atoms with Crippen LogP contribution in [0.3, 0.4) is 0 Å². The van der Waals surface area contributed by atoms with Crippen LogP contribution in [-0.4, -0.2) is 53.2 Å². The van der Waals surface area contributed by atoms with Crippen LogP contribution in [0.1, 0.15) is 23.2 Å². The SMILES string of the molecule is CN1CCCC(N=CC(=CN)Nc2ncc(C(N)=O)c(Nc3ccc(Cl)cc3)n2)C1. The number of allylic oxidation sites excluding steroid dienone is 1. The molecule has 0 spiro atoms. The van der Waals surface area contributed by atoms with Gasteiger partial charge in [-0.15, -0.1) is 0 Å². The van der Waals surface area contributed by atoms with Gasteiger partial charge in [0.05, 0.1) is 11.7 Å². The lowest BCUT2D eigenvalue weighted by Gasteiger charge is -2.27. The molecule has 1 fully saturated rings. The molecule has 1 aliphatic heterocycles. The molecule has 30 heavy (non-hydrogen) atoms. The monoisotopic (exact) mass is 428 g/mol. The number of primary amides is 1. The molecule has 0 saturated carbocycles. The van der Waals surface area contributed by atoms with Crippen molar-refractivity contribution in [2.24, 2.45) is 16.5 Å². The number of nitrogens with one attached hydrogen (secondary N) is 2. The minimum absolute atomic E-state index is 0.160. The molecule has 10 heteroatoms. The zero-order chi connectivity index (χ0) is 21.5. The first kappa shape index (κ1) is 21.5. The molecule has 6 N–H and O–H groups in total. The molecule has 0 aliphatic carbocycles. The summed E-state index contributed by atoms with van der Waals surface area (Å²) in [5, 5.41) is 6.68. The van der Waals surface area contributed by atoms with Gasteiger partial charge >= 0.3 is 0 Å². The Morgan fingerprint density at radius 1 is 1.37 bits per heavy atom. The van der Waals surface area contributed by atoms with Gasteiger partial charge < -0.3 is 27.0 Å². The van der Waals surface area contributed by atoms with E-state index in [4.69, 9.17) is 23.1 Å². The van der Waals surface area contributed by atoms with Crippen molar-refractivity contribution in [2.75, 3.05) is 30.8 Å². The Morgan fingerprint density at radius 3 is 2.80 bits per heavy atom. The predicted molar refractivity (Wildman–Crippen MR) is 120 cm³/mol. The van der Waals surface area contributed by atoms with Crippen molar-refractivity contribution in [3.05, 3.63) is 52.9 Å². The van der Waals surface area contributed by atoms with Crippen LogP contribution in [0, 0.1) is 0 Å². The average Bonchev–Trinajstić information content (AvgIpc) is 2.73. The Hall–Kier alpha value is -3.17. The highest BCUT2D eigenvalue weighted by molar-refractivity contribution is 6.30. The van der Waals surface area contributed by atoms with Crippen molar-refractivity contribution in [1.82, 2.24) is 14.9 Å². The van der Waals surface area contributed by atoms with Crippen molar-refractivity contribution < 1.29 is 4.79 Å². The van der Waals surface area contributed by atoms with Crippen LogP contribution >= 0.6 is 11.6 Å². The number of aromatic nitrogens is 2. The fourth-order valence-corrected chi connectivity index (χ4v) is 3.21. The Labute approximate surface area is 180 Å². The van der Waals surface area contributed by atoms with Gasteiger partial charge in [0.1, 0.15) is 11.4 Å². The summed E-state index contributed by atoms with van der Waals surface area (Å²) in [6.45, 7) is 2.00. The standard InChI is InChI=1S/C20H25ClN8O/c1-29-8-2-3-15(12-29)24-10-16(9-22)27-20-25-11-17(18(23)30)19(28-20)26-14-6-4-13(21)5-7-14/h4-7,9-11,15H,2-3,8,12,22H2,1H3,(H2,23,30)(H2,25,26,27,28). The highest BCUT2D eigenvalue weighted by Crippen LogP contribution is 2.21. The molecule has 1 unspecified atom stereocenters. The van der Waals surface area contributed by atoms with Gasteiger partial charge in [-0.3, -0.25) is 9.79 Å². The molecule has 0 bridgehead atoms. The number of rotatable bonds is 7. The third kappa shape index (κ3) is 5.91. The zero-order valence-corrected chi connectivity index (χ0v) is 17.4. The van der Waals surface area contributed by atoms with E-state index in [1.54, 1.807) is 30.5 Å². The second-order valence-electron chi connectivity index (χ2n) is 7.04. The second-order valence-corrected chi connectivity index (χ2v) is 7.47. The maximum Gasteiger partial charge on any atom is 0.254 e. The zero-order valence-electron chi connectivity index (χ0n) is 16.7. The lowest BCUT2D eigenvalue weighted by atomic mass is 10.1. The summed E-state index contributed by atoms with van der Waals surface area (Å²) in [6, 6.07) is 7.20. The van der Waals surface area contributed by atoms with E-state index in [2.05, 4.69) is 37.5 Å².